The van der Waals surface area contributed by atoms with E-state index in [1.54, 1.807) is 59.4 Å². The summed E-state index contributed by atoms with van der Waals surface area (Å²) in [5, 5.41) is 2.69. The Labute approximate surface area is 173 Å². The monoisotopic (exact) mass is 408 g/mol. The summed E-state index contributed by atoms with van der Waals surface area (Å²) in [6.45, 7) is 0.0948. The topological polar surface area (TPSA) is 76.4 Å². The van der Waals surface area contributed by atoms with Crippen molar-refractivity contribution in [2.24, 2.45) is 0 Å². The van der Waals surface area contributed by atoms with Gasteiger partial charge in [0.15, 0.2) is 24.8 Å². The van der Waals surface area contributed by atoms with E-state index in [-0.39, 0.29) is 43.0 Å². The highest BCUT2D eigenvalue weighted by Gasteiger charge is 2.20. The van der Waals surface area contributed by atoms with Gasteiger partial charge in [-0.2, -0.15) is 4.57 Å². The Hall–Kier alpha value is -3.51. The SMILES string of the molecule is O=C1COc2ccc(C(=O)C[n+]3ccc(C(=O)c4ccccc4)cc3)cc2N1.[Cl-]. The summed E-state index contributed by atoms with van der Waals surface area (Å²) in [5.41, 5.74) is 2.15. The van der Waals surface area contributed by atoms with E-state index in [9.17, 15) is 14.4 Å². The Morgan fingerprint density at radius 2 is 1.62 bits per heavy atom. The smallest absolute Gasteiger partial charge is 0.262 e. The van der Waals surface area contributed by atoms with Gasteiger partial charge < -0.3 is 22.5 Å². The number of hydrogen-bond acceptors (Lipinski definition) is 4. The quantitative estimate of drug-likeness (QED) is 0.453. The summed E-state index contributed by atoms with van der Waals surface area (Å²) in [6.07, 6.45) is 3.41. The van der Waals surface area contributed by atoms with Crippen LogP contribution in [0.2, 0.25) is 0 Å². The van der Waals surface area contributed by atoms with Crippen LogP contribution in [0, 0.1) is 0 Å². The Bertz CT molecular complexity index is 1070. The van der Waals surface area contributed by atoms with Crippen molar-refractivity contribution in [3.8, 4) is 5.75 Å². The summed E-state index contributed by atoms with van der Waals surface area (Å²) in [7, 11) is 0. The molecule has 1 aromatic heterocycles. The maximum absolute atomic E-state index is 12.6. The zero-order valence-electron chi connectivity index (χ0n) is 15.3. The number of nitrogens with one attached hydrogen (secondary N) is 1. The minimum atomic E-state index is -0.245. The molecule has 2 aromatic carbocycles. The molecular formula is C22H17ClN2O4. The number of Topliss-reactive ketones (excluding diaryl/α,β-unsaturated/α-hetero) is 1. The Balaban J connectivity index is 0.00000240. The number of amides is 1. The number of carbonyl (C=O) groups excluding carboxylic acids is 3. The van der Waals surface area contributed by atoms with Crippen LogP contribution in [0.5, 0.6) is 5.75 Å². The van der Waals surface area contributed by atoms with Gasteiger partial charge in [0.05, 0.1) is 5.69 Å². The summed E-state index contributed by atoms with van der Waals surface area (Å²) >= 11 is 0. The van der Waals surface area contributed by atoms with Crippen LogP contribution in [0.4, 0.5) is 5.69 Å². The fraction of sp³-hybridized carbons (Fsp3) is 0.0909. The molecule has 2 heterocycles. The maximum Gasteiger partial charge on any atom is 0.262 e. The number of halogens is 1. The number of anilines is 1. The standard InChI is InChI=1S/C22H16N2O4.ClH/c25-19(17-6-7-20-18(12-17)23-21(26)14-28-20)13-24-10-8-16(9-11-24)22(27)15-4-2-1-3-5-15;/h1-12H,13-14H2;1H. The van der Waals surface area contributed by atoms with Crippen molar-refractivity contribution in [1.29, 1.82) is 0 Å². The molecule has 4 rings (SSSR count). The number of ketones is 2. The summed E-state index contributed by atoms with van der Waals surface area (Å²) in [6, 6.07) is 17.4. The molecule has 0 bridgehead atoms. The highest BCUT2D eigenvalue weighted by molar-refractivity contribution is 6.08. The van der Waals surface area contributed by atoms with Crippen LogP contribution in [0.3, 0.4) is 0 Å². The minimum absolute atomic E-state index is 0. The predicted octanol–water partition coefficient (Wildman–Crippen LogP) is -0.577. The first-order valence-electron chi connectivity index (χ1n) is 8.79. The van der Waals surface area contributed by atoms with Crippen LogP contribution < -0.4 is 27.0 Å². The molecule has 0 aliphatic carbocycles. The summed E-state index contributed by atoms with van der Waals surface area (Å²) in [5.74, 6) is 0.122. The zero-order valence-corrected chi connectivity index (χ0v) is 16.1. The third-order valence-corrected chi connectivity index (χ3v) is 4.45. The number of ether oxygens (including phenoxy) is 1. The Morgan fingerprint density at radius 1 is 0.931 bits per heavy atom. The molecule has 6 nitrogen and oxygen atoms in total. The highest BCUT2D eigenvalue weighted by Crippen LogP contribution is 2.28. The average molecular weight is 409 g/mol. The van der Waals surface area contributed by atoms with Crippen LogP contribution in [-0.2, 0) is 11.3 Å². The second-order valence-electron chi connectivity index (χ2n) is 6.43. The van der Waals surface area contributed by atoms with E-state index in [0.717, 1.165) is 0 Å². The van der Waals surface area contributed by atoms with E-state index in [1.807, 2.05) is 18.2 Å². The Morgan fingerprint density at radius 3 is 2.34 bits per heavy atom. The van der Waals surface area contributed by atoms with Crippen molar-refractivity contribution >= 4 is 23.2 Å². The number of aromatic nitrogens is 1. The predicted molar refractivity (Wildman–Crippen MR) is 101 cm³/mol. The molecule has 0 saturated carbocycles. The van der Waals surface area contributed by atoms with Crippen LogP contribution in [0.15, 0.2) is 73.1 Å². The number of hydrogen-bond donors (Lipinski definition) is 1. The molecule has 7 heteroatoms. The van der Waals surface area contributed by atoms with Crippen molar-refractivity contribution in [3.63, 3.8) is 0 Å². The number of carbonyl (C=O) groups is 3. The molecular weight excluding hydrogens is 392 g/mol. The highest BCUT2D eigenvalue weighted by atomic mass is 35.5. The van der Waals surface area contributed by atoms with Crippen molar-refractivity contribution in [2.75, 3.05) is 11.9 Å². The second-order valence-corrected chi connectivity index (χ2v) is 6.43. The first kappa shape index (κ1) is 20.2. The van der Waals surface area contributed by atoms with E-state index in [4.69, 9.17) is 4.74 Å². The van der Waals surface area contributed by atoms with Crippen molar-refractivity contribution in [2.45, 2.75) is 6.54 Å². The lowest BCUT2D eigenvalue weighted by Gasteiger charge is -2.18. The van der Waals surface area contributed by atoms with Gasteiger partial charge >= 0.3 is 0 Å². The van der Waals surface area contributed by atoms with Gasteiger partial charge in [0.2, 0.25) is 12.3 Å². The molecule has 1 amide bonds. The van der Waals surface area contributed by atoms with Crippen molar-refractivity contribution in [1.82, 2.24) is 0 Å². The molecule has 1 aliphatic rings. The van der Waals surface area contributed by atoms with Crippen LogP contribution in [0.1, 0.15) is 26.3 Å². The number of benzene rings is 2. The molecule has 3 aromatic rings. The number of rotatable bonds is 5. The largest absolute Gasteiger partial charge is 1.00 e. The summed E-state index contributed by atoms with van der Waals surface area (Å²) in [4.78, 5) is 36.5. The molecule has 0 atom stereocenters. The molecule has 29 heavy (non-hydrogen) atoms. The molecule has 0 spiro atoms. The normalized spacial score (nSPS) is 12.1. The molecule has 146 valence electrons. The van der Waals surface area contributed by atoms with E-state index in [2.05, 4.69) is 5.32 Å². The van der Waals surface area contributed by atoms with E-state index >= 15 is 0 Å². The van der Waals surface area contributed by atoms with E-state index in [1.165, 1.54) is 0 Å². The molecule has 0 radical (unpaired) electrons. The third kappa shape index (κ3) is 4.50. The molecule has 0 saturated heterocycles. The maximum atomic E-state index is 12.6. The third-order valence-electron chi connectivity index (χ3n) is 4.45. The average Bonchev–Trinajstić information content (AvgIpc) is 2.74. The lowest BCUT2D eigenvalue weighted by Crippen LogP contribution is -3.00. The van der Waals surface area contributed by atoms with Gasteiger partial charge in [-0.25, -0.2) is 0 Å². The van der Waals surface area contributed by atoms with Crippen LogP contribution in [-0.4, -0.2) is 24.1 Å². The van der Waals surface area contributed by atoms with E-state index in [0.29, 0.717) is 28.1 Å². The van der Waals surface area contributed by atoms with Crippen molar-refractivity contribution < 1.29 is 36.1 Å². The van der Waals surface area contributed by atoms with Gasteiger partial charge in [0, 0.05) is 28.8 Å². The van der Waals surface area contributed by atoms with Crippen LogP contribution >= 0.6 is 0 Å². The van der Waals surface area contributed by atoms with E-state index < -0.39 is 0 Å². The Kier molecular flexibility index (Phi) is 6.04. The molecule has 1 N–H and O–H groups in total. The van der Waals surface area contributed by atoms with Gasteiger partial charge in [0.25, 0.3) is 5.91 Å². The number of nitrogens with zero attached hydrogens (tertiary/aromatic N) is 1. The minimum Gasteiger partial charge on any atom is -1.00 e. The molecule has 1 aliphatic heterocycles. The first-order chi connectivity index (χ1) is 13.6. The van der Waals surface area contributed by atoms with Gasteiger partial charge in [-0.3, -0.25) is 14.4 Å². The van der Waals surface area contributed by atoms with Gasteiger partial charge in [-0.05, 0) is 18.2 Å². The first-order valence-corrected chi connectivity index (χ1v) is 8.79. The number of pyridine rings is 1. The number of fused-ring (bicyclic) bond motifs is 1. The van der Waals surface area contributed by atoms with Gasteiger partial charge in [0.1, 0.15) is 5.75 Å². The fourth-order valence-electron chi connectivity index (χ4n) is 2.98. The lowest BCUT2D eigenvalue weighted by molar-refractivity contribution is -0.683. The van der Waals surface area contributed by atoms with Crippen LogP contribution in [0.25, 0.3) is 0 Å². The van der Waals surface area contributed by atoms with Crippen molar-refractivity contribution in [3.05, 3.63) is 89.7 Å². The second kappa shape index (κ2) is 8.67. The molecule has 0 unspecified atom stereocenters. The molecule has 0 fully saturated rings. The van der Waals surface area contributed by atoms with Gasteiger partial charge in [-0.15, -0.1) is 0 Å². The fourth-order valence-corrected chi connectivity index (χ4v) is 2.98. The lowest BCUT2D eigenvalue weighted by atomic mass is 10.0. The zero-order chi connectivity index (χ0) is 19.5. The summed E-state index contributed by atoms with van der Waals surface area (Å²) < 4.78 is 7.01. The van der Waals surface area contributed by atoms with Gasteiger partial charge in [-0.1, -0.05) is 30.3 Å².